The Balaban J connectivity index is 2.39. The number of nitrogens with one attached hydrogen (secondary N) is 1. The van der Waals surface area contributed by atoms with Gasteiger partial charge in [-0.1, -0.05) is 13.8 Å². The van der Waals surface area contributed by atoms with Gasteiger partial charge in [0.25, 0.3) is 0 Å². The average Bonchev–Trinajstić information content (AvgIpc) is 2.26. The third-order valence-corrected chi connectivity index (χ3v) is 2.66. The van der Waals surface area contributed by atoms with E-state index in [1.807, 2.05) is 0 Å². The molecule has 0 spiro atoms. The van der Waals surface area contributed by atoms with Gasteiger partial charge >= 0.3 is 0 Å². The van der Waals surface area contributed by atoms with Gasteiger partial charge in [0, 0.05) is 24.5 Å². The molecule has 0 aliphatic carbocycles. The summed E-state index contributed by atoms with van der Waals surface area (Å²) in [5.41, 5.74) is 6.77. The quantitative estimate of drug-likeness (QED) is 0.718. The molecule has 0 radical (unpaired) electrons. The van der Waals surface area contributed by atoms with Crippen molar-refractivity contribution in [3.63, 3.8) is 0 Å². The molecule has 3 N–H and O–H groups in total. The van der Waals surface area contributed by atoms with Crippen LogP contribution in [0.25, 0.3) is 0 Å². The minimum absolute atomic E-state index is 0.298. The number of benzene rings is 1. The van der Waals surface area contributed by atoms with E-state index in [1.54, 1.807) is 6.07 Å². The molecule has 0 aliphatic rings. The van der Waals surface area contributed by atoms with Crippen molar-refractivity contribution in [2.75, 3.05) is 37.2 Å². The van der Waals surface area contributed by atoms with Crippen LogP contribution in [0.1, 0.15) is 20.3 Å². The van der Waals surface area contributed by atoms with Gasteiger partial charge in [0.2, 0.25) is 0 Å². The second kappa shape index (κ2) is 7.12. The van der Waals surface area contributed by atoms with E-state index in [0.29, 0.717) is 5.69 Å². The molecule has 0 fully saturated rings. The first kappa shape index (κ1) is 13.8. The van der Waals surface area contributed by atoms with Crippen LogP contribution in [0.2, 0.25) is 0 Å². The van der Waals surface area contributed by atoms with Gasteiger partial charge in [0.1, 0.15) is 5.82 Å². The average molecular weight is 239 g/mol. The second-order valence-corrected chi connectivity index (χ2v) is 4.13. The lowest BCUT2D eigenvalue weighted by atomic mass is 10.2. The zero-order valence-corrected chi connectivity index (χ0v) is 10.7. The Bertz CT molecular complexity index is 321. The van der Waals surface area contributed by atoms with Crippen molar-refractivity contribution >= 4 is 11.4 Å². The predicted molar refractivity (Wildman–Crippen MR) is 71.7 cm³/mol. The molecule has 0 aliphatic heterocycles. The number of rotatable bonds is 7. The van der Waals surface area contributed by atoms with E-state index in [-0.39, 0.29) is 5.82 Å². The van der Waals surface area contributed by atoms with Gasteiger partial charge < -0.3 is 16.0 Å². The smallest absolute Gasteiger partial charge is 0.127 e. The fourth-order valence-corrected chi connectivity index (χ4v) is 1.82. The molecular weight excluding hydrogens is 217 g/mol. The highest BCUT2D eigenvalue weighted by Gasteiger charge is 2.01. The molecule has 0 heterocycles. The monoisotopic (exact) mass is 239 g/mol. The maximum absolute atomic E-state index is 13.1. The zero-order valence-electron chi connectivity index (χ0n) is 10.7. The Kier molecular flexibility index (Phi) is 5.77. The highest BCUT2D eigenvalue weighted by Crippen LogP contribution is 2.14. The second-order valence-electron chi connectivity index (χ2n) is 4.13. The molecule has 1 aromatic carbocycles. The number of anilines is 2. The maximum Gasteiger partial charge on any atom is 0.127 e. The summed E-state index contributed by atoms with van der Waals surface area (Å²) in [5.74, 6) is -0.298. The van der Waals surface area contributed by atoms with Crippen LogP contribution >= 0.6 is 0 Å². The molecule has 0 bridgehead atoms. The lowest BCUT2D eigenvalue weighted by Crippen LogP contribution is -2.29. The number of nitrogen functional groups attached to an aromatic ring is 1. The summed E-state index contributed by atoms with van der Waals surface area (Å²) in [7, 11) is 0. The number of hydrogen-bond acceptors (Lipinski definition) is 3. The van der Waals surface area contributed by atoms with Crippen LogP contribution in [-0.4, -0.2) is 31.1 Å². The molecule has 96 valence electrons. The van der Waals surface area contributed by atoms with Gasteiger partial charge in [-0.25, -0.2) is 4.39 Å². The number of nitrogens with zero attached hydrogens (tertiary/aromatic N) is 1. The standard InChI is InChI=1S/C13H22FN3/c1-3-6-17(4-2)7-5-16-13-9-11(14)8-12(15)10-13/h8-10,16H,3-7,15H2,1-2H3. The molecule has 0 amide bonds. The van der Waals surface area contributed by atoms with E-state index in [2.05, 4.69) is 24.1 Å². The van der Waals surface area contributed by atoms with Crippen LogP contribution < -0.4 is 11.1 Å². The fraction of sp³-hybridized carbons (Fsp3) is 0.538. The summed E-state index contributed by atoms with van der Waals surface area (Å²) in [6.45, 7) is 8.22. The highest BCUT2D eigenvalue weighted by molar-refractivity contribution is 5.54. The van der Waals surface area contributed by atoms with Crippen molar-refractivity contribution in [1.29, 1.82) is 0 Å². The molecule has 4 heteroatoms. The zero-order chi connectivity index (χ0) is 12.7. The number of nitrogens with two attached hydrogens (primary N) is 1. The van der Waals surface area contributed by atoms with Crippen molar-refractivity contribution in [3.8, 4) is 0 Å². The Morgan fingerprint density at radius 1 is 1.24 bits per heavy atom. The molecule has 0 unspecified atom stereocenters. The Morgan fingerprint density at radius 2 is 2.00 bits per heavy atom. The number of likely N-dealkylation sites (N-methyl/N-ethyl adjacent to an activating group) is 1. The summed E-state index contributed by atoms with van der Waals surface area (Å²) >= 11 is 0. The SMILES string of the molecule is CCCN(CC)CCNc1cc(N)cc(F)c1. The first-order valence-electron chi connectivity index (χ1n) is 6.18. The normalized spacial score (nSPS) is 10.8. The highest BCUT2D eigenvalue weighted by atomic mass is 19.1. The first-order chi connectivity index (χ1) is 8.15. The molecule has 0 aromatic heterocycles. The van der Waals surface area contributed by atoms with E-state index in [4.69, 9.17) is 5.73 Å². The third kappa shape index (κ3) is 5.04. The largest absolute Gasteiger partial charge is 0.399 e. The summed E-state index contributed by atoms with van der Waals surface area (Å²) in [4.78, 5) is 2.36. The molecule has 0 atom stereocenters. The van der Waals surface area contributed by atoms with Crippen molar-refractivity contribution in [3.05, 3.63) is 24.0 Å². The van der Waals surface area contributed by atoms with Crippen molar-refractivity contribution in [2.45, 2.75) is 20.3 Å². The van der Waals surface area contributed by atoms with Gasteiger partial charge in [-0.15, -0.1) is 0 Å². The van der Waals surface area contributed by atoms with Crippen LogP contribution in [0.3, 0.4) is 0 Å². The third-order valence-electron chi connectivity index (χ3n) is 2.66. The minimum atomic E-state index is -0.298. The van der Waals surface area contributed by atoms with E-state index in [1.165, 1.54) is 12.1 Å². The Morgan fingerprint density at radius 3 is 2.59 bits per heavy atom. The van der Waals surface area contributed by atoms with Crippen LogP contribution in [0, 0.1) is 5.82 Å². The first-order valence-corrected chi connectivity index (χ1v) is 6.18. The summed E-state index contributed by atoms with van der Waals surface area (Å²) < 4.78 is 13.1. The lowest BCUT2D eigenvalue weighted by molar-refractivity contribution is 0.300. The maximum atomic E-state index is 13.1. The van der Waals surface area contributed by atoms with Crippen LogP contribution in [0.15, 0.2) is 18.2 Å². The lowest BCUT2D eigenvalue weighted by Gasteiger charge is -2.19. The summed E-state index contributed by atoms with van der Waals surface area (Å²) in [5, 5.41) is 3.19. The van der Waals surface area contributed by atoms with Gasteiger partial charge in [0.05, 0.1) is 0 Å². The minimum Gasteiger partial charge on any atom is -0.399 e. The molecular formula is C13H22FN3. The summed E-state index contributed by atoms with van der Waals surface area (Å²) in [6.07, 6.45) is 1.15. The van der Waals surface area contributed by atoms with Crippen LogP contribution in [0.5, 0.6) is 0 Å². The molecule has 17 heavy (non-hydrogen) atoms. The van der Waals surface area contributed by atoms with Crippen molar-refractivity contribution in [1.82, 2.24) is 4.90 Å². The molecule has 0 saturated heterocycles. The Labute approximate surface area is 103 Å². The van der Waals surface area contributed by atoms with Gasteiger partial charge in [-0.2, -0.15) is 0 Å². The Hall–Kier alpha value is -1.29. The fourth-order valence-electron chi connectivity index (χ4n) is 1.82. The molecule has 0 saturated carbocycles. The molecule has 1 aromatic rings. The van der Waals surface area contributed by atoms with Crippen LogP contribution in [0.4, 0.5) is 15.8 Å². The van der Waals surface area contributed by atoms with Crippen molar-refractivity contribution in [2.24, 2.45) is 0 Å². The topological polar surface area (TPSA) is 41.3 Å². The predicted octanol–water partition coefficient (Wildman–Crippen LogP) is 2.55. The van der Waals surface area contributed by atoms with Crippen molar-refractivity contribution < 1.29 is 4.39 Å². The van der Waals surface area contributed by atoms with E-state index < -0.39 is 0 Å². The van der Waals surface area contributed by atoms with E-state index >= 15 is 0 Å². The van der Waals surface area contributed by atoms with E-state index in [0.717, 1.165) is 38.3 Å². The van der Waals surface area contributed by atoms with Gasteiger partial charge in [0.15, 0.2) is 0 Å². The van der Waals surface area contributed by atoms with Gasteiger partial charge in [-0.05, 0) is 37.7 Å². The van der Waals surface area contributed by atoms with Gasteiger partial charge in [-0.3, -0.25) is 0 Å². The summed E-state index contributed by atoms with van der Waals surface area (Å²) in [6, 6.07) is 4.53. The van der Waals surface area contributed by atoms with Crippen LogP contribution in [-0.2, 0) is 0 Å². The number of hydrogen-bond donors (Lipinski definition) is 2. The van der Waals surface area contributed by atoms with E-state index in [9.17, 15) is 4.39 Å². The molecule has 3 nitrogen and oxygen atoms in total. The number of halogens is 1. The molecule has 1 rings (SSSR count).